The lowest BCUT2D eigenvalue weighted by atomic mass is 10.2. The third-order valence-electron chi connectivity index (χ3n) is 4.18. The van der Waals surface area contributed by atoms with E-state index in [1.807, 2.05) is 31.4 Å². The minimum atomic E-state index is 0.359. The maximum Gasteiger partial charge on any atom is 0.322 e. The molecule has 1 fully saturated rings. The Kier molecular flexibility index (Phi) is 5.12. The molecular formula is C16H25N7O. The molecular weight excluding hydrogens is 306 g/mol. The summed E-state index contributed by atoms with van der Waals surface area (Å²) in [6.45, 7) is 2.65. The summed E-state index contributed by atoms with van der Waals surface area (Å²) < 4.78 is 7.08. The zero-order chi connectivity index (χ0) is 16.9. The number of aromatic nitrogens is 5. The van der Waals surface area contributed by atoms with E-state index in [1.54, 1.807) is 11.8 Å². The van der Waals surface area contributed by atoms with Crippen LogP contribution in [0.4, 0.5) is 11.9 Å². The average molecular weight is 331 g/mol. The molecule has 1 saturated heterocycles. The van der Waals surface area contributed by atoms with Gasteiger partial charge in [-0.05, 0) is 12.8 Å². The number of methoxy groups -OCH3 is 1. The molecule has 0 aliphatic carbocycles. The van der Waals surface area contributed by atoms with Gasteiger partial charge in [0, 0.05) is 45.5 Å². The zero-order valence-electron chi connectivity index (χ0n) is 14.6. The molecule has 0 bridgehead atoms. The van der Waals surface area contributed by atoms with Crippen LogP contribution in [-0.4, -0.2) is 52.0 Å². The van der Waals surface area contributed by atoms with Gasteiger partial charge < -0.3 is 14.5 Å². The maximum atomic E-state index is 5.29. The van der Waals surface area contributed by atoms with Crippen molar-refractivity contribution in [3.8, 4) is 6.01 Å². The van der Waals surface area contributed by atoms with Crippen molar-refractivity contribution in [1.82, 2.24) is 24.7 Å². The molecule has 1 aliphatic heterocycles. The third kappa shape index (κ3) is 3.93. The second-order valence-electron chi connectivity index (χ2n) is 6.20. The van der Waals surface area contributed by atoms with Crippen LogP contribution in [0.2, 0.25) is 0 Å². The minimum absolute atomic E-state index is 0.359. The monoisotopic (exact) mass is 331 g/mol. The highest BCUT2D eigenvalue weighted by Crippen LogP contribution is 2.21. The van der Waals surface area contributed by atoms with Crippen LogP contribution in [0.25, 0.3) is 0 Å². The van der Waals surface area contributed by atoms with Crippen molar-refractivity contribution in [2.24, 2.45) is 7.05 Å². The van der Waals surface area contributed by atoms with E-state index in [1.165, 1.54) is 25.7 Å². The van der Waals surface area contributed by atoms with Gasteiger partial charge in [-0.1, -0.05) is 12.8 Å². The second-order valence-corrected chi connectivity index (χ2v) is 6.20. The van der Waals surface area contributed by atoms with Crippen molar-refractivity contribution in [3.05, 3.63) is 18.0 Å². The Morgan fingerprint density at radius 1 is 1.12 bits per heavy atom. The lowest BCUT2D eigenvalue weighted by Gasteiger charge is -2.23. The van der Waals surface area contributed by atoms with Gasteiger partial charge in [-0.3, -0.25) is 4.68 Å². The first-order valence-electron chi connectivity index (χ1n) is 8.39. The Balaban J connectivity index is 1.82. The summed E-state index contributed by atoms with van der Waals surface area (Å²) in [7, 11) is 5.47. The van der Waals surface area contributed by atoms with E-state index in [9.17, 15) is 0 Å². The molecule has 3 rings (SSSR count). The van der Waals surface area contributed by atoms with Gasteiger partial charge >= 0.3 is 6.01 Å². The number of aryl methyl sites for hydroxylation is 1. The summed E-state index contributed by atoms with van der Waals surface area (Å²) in [5.41, 5.74) is 1.11. The predicted octanol–water partition coefficient (Wildman–Crippen LogP) is 1.63. The van der Waals surface area contributed by atoms with Crippen molar-refractivity contribution < 1.29 is 4.74 Å². The quantitative estimate of drug-likeness (QED) is 0.824. The van der Waals surface area contributed by atoms with Crippen LogP contribution in [0.1, 0.15) is 31.2 Å². The zero-order valence-corrected chi connectivity index (χ0v) is 14.6. The molecule has 2 aromatic rings. The van der Waals surface area contributed by atoms with Crippen LogP contribution in [0.5, 0.6) is 6.01 Å². The molecule has 3 heterocycles. The summed E-state index contributed by atoms with van der Waals surface area (Å²) in [5, 5.41) is 4.20. The highest BCUT2D eigenvalue weighted by atomic mass is 16.5. The van der Waals surface area contributed by atoms with Crippen molar-refractivity contribution in [2.75, 3.05) is 37.0 Å². The van der Waals surface area contributed by atoms with Crippen LogP contribution < -0.4 is 14.5 Å². The number of hydrogen-bond donors (Lipinski definition) is 0. The molecule has 0 N–H and O–H groups in total. The molecule has 8 heteroatoms. The lowest BCUT2D eigenvalue weighted by molar-refractivity contribution is 0.378. The fourth-order valence-electron chi connectivity index (χ4n) is 2.91. The largest absolute Gasteiger partial charge is 0.467 e. The fourth-order valence-corrected chi connectivity index (χ4v) is 2.91. The lowest BCUT2D eigenvalue weighted by Crippen LogP contribution is -2.28. The van der Waals surface area contributed by atoms with Crippen LogP contribution in [0.3, 0.4) is 0 Å². The van der Waals surface area contributed by atoms with Gasteiger partial charge in [0.05, 0.1) is 13.3 Å². The van der Waals surface area contributed by atoms with E-state index in [0.717, 1.165) is 18.7 Å². The van der Waals surface area contributed by atoms with E-state index >= 15 is 0 Å². The summed E-state index contributed by atoms with van der Waals surface area (Å²) in [6, 6.07) is 0.359. The molecule has 24 heavy (non-hydrogen) atoms. The number of ether oxygens (including phenoxy) is 1. The highest BCUT2D eigenvalue weighted by molar-refractivity contribution is 5.40. The van der Waals surface area contributed by atoms with Crippen molar-refractivity contribution >= 4 is 11.9 Å². The third-order valence-corrected chi connectivity index (χ3v) is 4.18. The first kappa shape index (κ1) is 16.5. The molecule has 8 nitrogen and oxygen atoms in total. The van der Waals surface area contributed by atoms with Crippen LogP contribution in [0, 0.1) is 0 Å². The van der Waals surface area contributed by atoms with Gasteiger partial charge in [0.2, 0.25) is 11.9 Å². The molecule has 0 spiro atoms. The number of nitrogens with zero attached hydrogens (tertiary/aromatic N) is 7. The first-order valence-corrected chi connectivity index (χ1v) is 8.39. The minimum Gasteiger partial charge on any atom is -0.467 e. The molecule has 0 amide bonds. The first-order chi connectivity index (χ1) is 11.7. The van der Waals surface area contributed by atoms with Crippen molar-refractivity contribution in [2.45, 2.75) is 32.2 Å². The fraction of sp³-hybridized carbons (Fsp3) is 0.625. The number of hydrogen-bond acceptors (Lipinski definition) is 7. The predicted molar refractivity (Wildman–Crippen MR) is 92.4 cm³/mol. The second kappa shape index (κ2) is 7.46. The highest BCUT2D eigenvalue weighted by Gasteiger charge is 2.17. The molecule has 2 aromatic heterocycles. The Hall–Kier alpha value is -2.38. The Labute approximate surface area is 142 Å². The van der Waals surface area contributed by atoms with Gasteiger partial charge in [0.15, 0.2) is 0 Å². The van der Waals surface area contributed by atoms with Crippen molar-refractivity contribution in [1.29, 1.82) is 0 Å². The number of rotatable bonds is 5. The van der Waals surface area contributed by atoms with Gasteiger partial charge in [0.1, 0.15) is 0 Å². The molecule has 0 aromatic carbocycles. The Bertz CT molecular complexity index is 664. The van der Waals surface area contributed by atoms with Gasteiger partial charge in [-0.15, -0.1) is 0 Å². The normalized spacial score (nSPS) is 15.2. The molecule has 1 aliphatic rings. The standard InChI is InChI=1S/C16H25N7O/c1-21(11-13-10-17-22(2)12-13)14-18-15(20-16(19-14)24-3)23-8-6-4-5-7-9-23/h10,12H,4-9,11H2,1-3H3. The SMILES string of the molecule is COc1nc(N(C)Cc2cnn(C)c2)nc(N2CCCCCC2)n1. The topological polar surface area (TPSA) is 72.2 Å². The van der Waals surface area contributed by atoms with Crippen LogP contribution >= 0.6 is 0 Å². The van der Waals surface area contributed by atoms with E-state index < -0.39 is 0 Å². The summed E-state index contributed by atoms with van der Waals surface area (Å²) >= 11 is 0. The van der Waals surface area contributed by atoms with E-state index in [0.29, 0.717) is 24.5 Å². The molecule has 0 atom stereocenters. The molecule has 0 saturated carbocycles. The van der Waals surface area contributed by atoms with Gasteiger partial charge in [-0.25, -0.2) is 0 Å². The smallest absolute Gasteiger partial charge is 0.322 e. The summed E-state index contributed by atoms with van der Waals surface area (Å²) in [5.74, 6) is 1.32. The van der Waals surface area contributed by atoms with Crippen LogP contribution in [-0.2, 0) is 13.6 Å². The van der Waals surface area contributed by atoms with Crippen LogP contribution in [0.15, 0.2) is 12.4 Å². The maximum absolute atomic E-state index is 5.29. The van der Waals surface area contributed by atoms with E-state index in [4.69, 9.17) is 4.74 Å². The van der Waals surface area contributed by atoms with Gasteiger partial charge in [0.25, 0.3) is 0 Å². The Morgan fingerprint density at radius 2 is 1.88 bits per heavy atom. The molecule has 0 radical (unpaired) electrons. The number of anilines is 2. The Morgan fingerprint density at radius 3 is 2.50 bits per heavy atom. The van der Waals surface area contributed by atoms with Gasteiger partial charge in [-0.2, -0.15) is 20.1 Å². The molecule has 130 valence electrons. The average Bonchev–Trinajstić information content (AvgIpc) is 2.84. The molecule has 0 unspecified atom stereocenters. The van der Waals surface area contributed by atoms with Crippen molar-refractivity contribution in [3.63, 3.8) is 0 Å². The van der Waals surface area contributed by atoms with E-state index in [-0.39, 0.29) is 0 Å². The summed E-state index contributed by atoms with van der Waals surface area (Å²) in [4.78, 5) is 17.7. The van der Waals surface area contributed by atoms with E-state index in [2.05, 4.69) is 25.0 Å². The summed E-state index contributed by atoms with van der Waals surface area (Å²) in [6.07, 6.45) is 8.73.